The Morgan fingerprint density at radius 2 is 1.89 bits per heavy atom. The molecular formula is C22H31N3O3. The molecule has 6 nitrogen and oxygen atoms in total. The lowest BCUT2D eigenvalue weighted by Gasteiger charge is -2.38. The molecule has 1 N–H and O–H groups in total. The van der Waals surface area contributed by atoms with E-state index in [1.165, 1.54) is 45.2 Å². The van der Waals surface area contributed by atoms with Crippen LogP contribution in [0.4, 0.5) is 0 Å². The summed E-state index contributed by atoms with van der Waals surface area (Å²) in [6.45, 7) is 4.10. The molecule has 1 aromatic carbocycles. The maximum absolute atomic E-state index is 13.0. The van der Waals surface area contributed by atoms with E-state index in [0.29, 0.717) is 6.54 Å². The van der Waals surface area contributed by atoms with Gasteiger partial charge in [0, 0.05) is 25.6 Å². The normalized spacial score (nSPS) is 27.5. The van der Waals surface area contributed by atoms with Crippen molar-refractivity contribution in [3.05, 3.63) is 35.9 Å². The molecule has 28 heavy (non-hydrogen) atoms. The van der Waals surface area contributed by atoms with Gasteiger partial charge in [-0.15, -0.1) is 0 Å². The summed E-state index contributed by atoms with van der Waals surface area (Å²) in [6.07, 6.45) is 5.60. The van der Waals surface area contributed by atoms with E-state index in [1.807, 2.05) is 30.3 Å². The Bertz CT molecular complexity index is 698. The Hall–Kier alpha value is -1.92. The van der Waals surface area contributed by atoms with Crippen LogP contribution in [0.15, 0.2) is 30.3 Å². The number of hydrogen-bond donors (Lipinski definition) is 1. The van der Waals surface area contributed by atoms with Gasteiger partial charge in [0.1, 0.15) is 6.61 Å². The number of nitrogens with one attached hydrogen (secondary N) is 1. The number of ether oxygens (including phenoxy) is 1. The maximum atomic E-state index is 13.0. The van der Waals surface area contributed by atoms with Crippen molar-refractivity contribution in [2.24, 2.45) is 5.41 Å². The first-order valence-corrected chi connectivity index (χ1v) is 10.5. The highest BCUT2D eigenvalue weighted by molar-refractivity contribution is 5.86. The molecule has 1 aliphatic carbocycles. The molecule has 6 heteroatoms. The summed E-state index contributed by atoms with van der Waals surface area (Å²) >= 11 is 0. The van der Waals surface area contributed by atoms with E-state index >= 15 is 0 Å². The number of carbonyl (C=O) groups is 2. The van der Waals surface area contributed by atoms with Crippen LogP contribution in [0.25, 0.3) is 0 Å². The van der Waals surface area contributed by atoms with Crippen LogP contribution in [0, 0.1) is 5.41 Å². The lowest BCUT2D eigenvalue weighted by atomic mass is 9.97. The molecule has 0 spiro atoms. The summed E-state index contributed by atoms with van der Waals surface area (Å²) in [5.41, 5.74) is 1.15. The van der Waals surface area contributed by atoms with Gasteiger partial charge in [-0.2, -0.15) is 0 Å². The molecule has 152 valence electrons. The van der Waals surface area contributed by atoms with Gasteiger partial charge in [-0.3, -0.25) is 9.59 Å². The quantitative estimate of drug-likeness (QED) is 0.813. The first-order valence-electron chi connectivity index (χ1n) is 10.5. The monoisotopic (exact) mass is 385 g/mol. The van der Waals surface area contributed by atoms with Gasteiger partial charge in [0.15, 0.2) is 6.10 Å². The fraction of sp³-hybridized carbons (Fsp3) is 0.636. The van der Waals surface area contributed by atoms with Crippen molar-refractivity contribution in [1.29, 1.82) is 0 Å². The largest absolute Gasteiger partial charge is 0.356 e. The molecular weight excluding hydrogens is 354 g/mol. The summed E-state index contributed by atoms with van der Waals surface area (Å²) in [4.78, 5) is 29.4. The summed E-state index contributed by atoms with van der Waals surface area (Å²) in [7, 11) is 1.75. The molecule has 4 rings (SSSR count). The van der Waals surface area contributed by atoms with Gasteiger partial charge in [-0.25, -0.2) is 0 Å². The first kappa shape index (κ1) is 19.4. The Labute approximate surface area is 167 Å². The third-order valence-electron chi connectivity index (χ3n) is 6.49. The van der Waals surface area contributed by atoms with Gasteiger partial charge in [-0.05, 0) is 44.3 Å². The van der Waals surface area contributed by atoms with Crippen molar-refractivity contribution >= 4 is 11.8 Å². The fourth-order valence-corrected chi connectivity index (χ4v) is 4.51. The van der Waals surface area contributed by atoms with Crippen LogP contribution >= 0.6 is 0 Å². The molecule has 0 radical (unpaired) electrons. The Morgan fingerprint density at radius 1 is 1.18 bits per heavy atom. The lowest BCUT2D eigenvalue weighted by Crippen LogP contribution is -2.53. The predicted molar refractivity (Wildman–Crippen MR) is 107 cm³/mol. The smallest absolute Gasteiger partial charge is 0.251 e. The molecule has 0 bridgehead atoms. The van der Waals surface area contributed by atoms with E-state index in [1.54, 1.807) is 11.9 Å². The van der Waals surface area contributed by atoms with Gasteiger partial charge >= 0.3 is 0 Å². The molecule has 2 aliphatic heterocycles. The highest BCUT2D eigenvalue weighted by Crippen LogP contribution is 2.46. The average molecular weight is 386 g/mol. The molecule has 3 fully saturated rings. The topological polar surface area (TPSA) is 61.9 Å². The number of piperidine rings is 1. The van der Waals surface area contributed by atoms with Gasteiger partial charge in [0.05, 0.1) is 6.04 Å². The standard InChI is InChI=1S/C22H31N3O3/c1-24-18(26)14-28-20(19(24)17-8-4-2-5-9-17)21(27)23-15-22(10-11-22)16-25-12-6-3-7-13-25/h2,4-5,8-9,19-20H,3,6-7,10-16H2,1H3,(H,23,27). The predicted octanol–water partition coefficient (Wildman–Crippen LogP) is 1.97. The number of amides is 2. The van der Waals surface area contributed by atoms with Crippen molar-refractivity contribution in [3.8, 4) is 0 Å². The van der Waals surface area contributed by atoms with Crippen molar-refractivity contribution in [2.45, 2.75) is 44.2 Å². The molecule has 2 unspecified atom stereocenters. The molecule has 1 aromatic rings. The van der Waals surface area contributed by atoms with E-state index in [9.17, 15) is 9.59 Å². The minimum atomic E-state index is -0.670. The van der Waals surface area contributed by atoms with E-state index < -0.39 is 6.10 Å². The molecule has 1 saturated carbocycles. The first-order chi connectivity index (χ1) is 13.6. The van der Waals surface area contributed by atoms with Crippen LogP contribution in [0.2, 0.25) is 0 Å². The van der Waals surface area contributed by atoms with Crippen molar-refractivity contribution in [2.75, 3.05) is 39.8 Å². The van der Waals surface area contributed by atoms with Gasteiger partial charge < -0.3 is 19.9 Å². The van der Waals surface area contributed by atoms with Crippen LogP contribution in [-0.2, 0) is 14.3 Å². The number of benzene rings is 1. The Balaban J connectivity index is 1.39. The van der Waals surface area contributed by atoms with E-state index in [-0.39, 0.29) is 29.9 Å². The summed E-state index contributed by atoms with van der Waals surface area (Å²) in [5.74, 6) is -0.209. The number of hydrogen-bond acceptors (Lipinski definition) is 4. The average Bonchev–Trinajstić information content (AvgIpc) is 3.49. The molecule has 3 aliphatic rings. The number of likely N-dealkylation sites (N-methyl/N-ethyl adjacent to an activating group) is 1. The van der Waals surface area contributed by atoms with Crippen LogP contribution < -0.4 is 5.32 Å². The summed E-state index contributed by atoms with van der Waals surface area (Å²) in [6, 6.07) is 9.29. The summed E-state index contributed by atoms with van der Waals surface area (Å²) < 4.78 is 5.71. The molecule has 2 atom stereocenters. The zero-order valence-corrected chi connectivity index (χ0v) is 16.7. The van der Waals surface area contributed by atoms with E-state index in [4.69, 9.17) is 4.74 Å². The number of rotatable bonds is 6. The molecule has 2 amide bonds. The molecule has 2 heterocycles. The van der Waals surface area contributed by atoms with Crippen LogP contribution in [0.5, 0.6) is 0 Å². The third-order valence-corrected chi connectivity index (χ3v) is 6.49. The Kier molecular flexibility index (Phi) is 5.69. The maximum Gasteiger partial charge on any atom is 0.251 e. The number of morpholine rings is 1. The second kappa shape index (κ2) is 8.21. The third kappa shape index (κ3) is 4.23. The minimum Gasteiger partial charge on any atom is -0.356 e. The highest BCUT2D eigenvalue weighted by Gasteiger charge is 2.46. The Morgan fingerprint density at radius 3 is 2.57 bits per heavy atom. The van der Waals surface area contributed by atoms with Crippen LogP contribution in [0.3, 0.4) is 0 Å². The number of likely N-dealkylation sites (tertiary alicyclic amines) is 1. The number of nitrogens with zero attached hydrogens (tertiary/aromatic N) is 2. The highest BCUT2D eigenvalue weighted by atomic mass is 16.5. The lowest BCUT2D eigenvalue weighted by molar-refractivity contribution is -0.162. The van der Waals surface area contributed by atoms with Crippen LogP contribution in [-0.4, -0.2) is 67.6 Å². The number of carbonyl (C=O) groups excluding carboxylic acids is 2. The SMILES string of the molecule is CN1C(=O)COC(C(=O)NCC2(CN3CCCCC3)CC2)C1c1ccccc1. The zero-order chi connectivity index (χ0) is 19.6. The summed E-state index contributed by atoms with van der Waals surface area (Å²) in [5, 5.41) is 3.15. The van der Waals surface area contributed by atoms with Gasteiger partial charge in [0.2, 0.25) is 5.91 Å². The van der Waals surface area contributed by atoms with Gasteiger partial charge in [0.25, 0.3) is 5.91 Å². The fourth-order valence-electron chi connectivity index (χ4n) is 4.51. The van der Waals surface area contributed by atoms with Crippen molar-refractivity contribution in [1.82, 2.24) is 15.1 Å². The molecule has 0 aromatic heterocycles. The van der Waals surface area contributed by atoms with Crippen molar-refractivity contribution < 1.29 is 14.3 Å². The molecule has 2 saturated heterocycles. The van der Waals surface area contributed by atoms with E-state index in [0.717, 1.165) is 12.1 Å². The minimum absolute atomic E-state index is 0.0448. The van der Waals surface area contributed by atoms with Gasteiger partial charge in [-0.1, -0.05) is 36.8 Å². The zero-order valence-electron chi connectivity index (χ0n) is 16.7. The van der Waals surface area contributed by atoms with E-state index in [2.05, 4.69) is 10.2 Å². The van der Waals surface area contributed by atoms with Crippen molar-refractivity contribution in [3.63, 3.8) is 0 Å². The second-order valence-corrected chi connectivity index (χ2v) is 8.65. The second-order valence-electron chi connectivity index (χ2n) is 8.65. The van der Waals surface area contributed by atoms with Crippen LogP contribution in [0.1, 0.15) is 43.7 Å².